The molecule has 104 valence electrons. The fraction of sp³-hybridized carbons (Fsp3) is 0.333. The second-order valence-electron chi connectivity index (χ2n) is 3.79. The van der Waals surface area contributed by atoms with Gasteiger partial charge in [0.25, 0.3) is 5.91 Å². The smallest absolute Gasteiger partial charge is 0.334 e. The van der Waals surface area contributed by atoms with Gasteiger partial charge in [-0.1, -0.05) is 12.1 Å². The van der Waals surface area contributed by atoms with Crippen LogP contribution in [0, 0.1) is 5.82 Å². The number of halogens is 1. The van der Waals surface area contributed by atoms with Gasteiger partial charge in [0.15, 0.2) is 23.8 Å². The van der Waals surface area contributed by atoms with Gasteiger partial charge in [-0.05, 0) is 19.1 Å². The minimum absolute atomic E-state index is 0.0797. The number of para-hydroxylation sites is 1. The number of carboxylic acids is 1. The Kier molecular flexibility index (Phi) is 5.25. The number of carboxylic acid groups (broad SMARTS) is 1. The number of carbonyl (C=O) groups is 2. The van der Waals surface area contributed by atoms with E-state index in [4.69, 9.17) is 14.9 Å². The van der Waals surface area contributed by atoms with Crippen molar-refractivity contribution in [3.8, 4) is 5.75 Å². The lowest BCUT2D eigenvalue weighted by Crippen LogP contribution is -2.42. The summed E-state index contributed by atoms with van der Waals surface area (Å²) in [5, 5.41) is 19.6. The number of amides is 1. The molecule has 0 aromatic heterocycles. The molecule has 0 aliphatic heterocycles. The molecule has 0 bridgehead atoms. The lowest BCUT2D eigenvalue weighted by Gasteiger charge is -2.15. The quantitative estimate of drug-likeness (QED) is 0.684. The van der Waals surface area contributed by atoms with E-state index in [0.717, 1.165) is 0 Å². The van der Waals surface area contributed by atoms with E-state index in [9.17, 15) is 14.0 Å². The minimum Gasteiger partial charge on any atom is -0.479 e. The molecule has 1 rings (SSSR count). The van der Waals surface area contributed by atoms with Crippen LogP contribution in [0.3, 0.4) is 0 Å². The number of aliphatic carboxylic acids is 1. The molecule has 0 saturated heterocycles. The maximum atomic E-state index is 13.3. The number of nitrogens with one attached hydrogen (secondary N) is 1. The van der Waals surface area contributed by atoms with Crippen LogP contribution in [0.5, 0.6) is 5.75 Å². The number of aliphatic hydroxyl groups is 1. The lowest BCUT2D eigenvalue weighted by atomic mass is 10.3. The van der Waals surface area contributed by atoms with E-state index in [1.165, 1.54) is 25.1 Å². The highest BCUT2D eigenvalue weighted by atomic mass is 19.1. The van der Waals surface area contributed by atoms with Gasteiger partial charge in [0, 0.05) is 0 Å². The van der Waals surface area contributed by atoms with Crippen LogP contribution >= 0.6 is 0 Å². The molecule has 0 aliphatic carbocycles. The van der Waals surface area contributed by atoms with Gasteiger partial charge in [-0.3, -0.25) is 4.79 Å². The molecular formula is C12H14FNO5. The molecule has 3 N–H and O–H groups in total. The van der Waals surface area contributed by atoms with Crippen LogP contribution in [-0.4, -0.2) is 40.8 Å². The third kappa shape index (κ3) is 4.55. The first kappa shape index (κ1) is 14.9. The van der Waals surface area contributed by atoms with Crippen molar-refractivity contribution in [3.05, 3.63) is 30.1 Å². The molecule has 1 amide bonds. The van der Waals surface area contributed by atoms with Gasteiger partial charge in [0.1, 0.15) is 0 Å². The molecule has 1 aromatic carbocycles. The molecule has 1 aromatic rings. The molecule has 0 saturated carbocycles. The number of hydrogen-bond acceptors (Lipinski definition) is 4. The first-order chi connectivity index (χ1) is 8.91. The fourth-order valence-electron chi connectivity index (χ4n) is 1.21. The summed E-state index contributed by atoms with van der Waals surface area (Å²) in [5.41, 5.74) is 0. The number of hydrogen-bond donors (Lipinski definition) is 3. The van der Waals surface area contributed by atoms with E-state index in [2.05, 4.69) is 5.32 Å². The van der Waals surface area contributed by atoms with Gasteiger partial charge in [-0.2, -0.15) is 0 Å². The van der Waals surface area contributed by atoms with Crippen LogP contribution in [0.2, 0.25) is 0 Å². The first-order valence-corrected chi connectivity index (χ1v) is 5.51. The highest BCUT2D eigenvalue weighted by Gasteiger charge is 2.19. The molecule has 0 aliphatic rings. The van der Waals surface area contributed by atoms with Crippen LogP contribution in [0.15, 0.2) is 24.3 Å². The second-order valence-corrected chi connectivity index (χ2v) is 3.79. The molecule has 0 spiro atoms. The van der Waals surface area contributed by atoms with Crippen LogP contribution in [0.1, 0.15) is 6.92 Å². The predicted molar refractivity (Wildman–Crippen MR) is 63.1 cm³/mol. The van der Waals surface area contributed by atoms with Crippen molar-refractivity contribution < 1.29 is 28.9 Å². The monoisotopic (exact) mass is 271 g/mol. The Labute approximate surface area is 108 Å². The number of carbonyl (C=O) groups excluding carboxylic acids is 1. The number of rotatable bonds is 6. The van der Waals surface area contributed by atoms with Crippen LogP contribution in [0.4, 0.5) is 4.39 Å². The summed E-state index contributed by atoms with van der Waals surface area (Å²) in [6.07, 6.45) is -2.71. The summed E-state index contributed by atoms with van der Waals surface area (Å²) in [7, 11) is 0. The van der Waals surface area contributed by atoms with Crippen molar-refractivity contribution in [2.24, 2.45) is 0 Å². The first-order valence-electron chi connectivity index (χ1n) is 5.51. The average molecular weight is 271 g/mol. The molecule has 0 fully saturated rings. The Morgan fingerprint density at radius 1 is 1.42 bits per heavy atom. The van der Waals surface area contributed by atoms with Crippen molar-refractivity contribution >= 4 is 11.9 Å². The van der Waals surface area contributed by atoms with Gasteiger partial charge >= 0.3 is 5.97 Å². The van der Waals surface area contributed by atoms with Gasteiger partial charge in [-0.25, -0.2) is 9.18 Å². The summed E-state index contributed by atoms with van der Waals surface area (Å²) in [6.45, 7) is 0.939. The Bertz CT molecular complexity index is 465. The van der Waals surface area contributed by atoms with E-state index in [1.54, 1.807) is 6.07 Å². The zero-order chi connectivity index (χ0) is 14.4. The summed E-state index contributed by atoms with van der Waals surface area (Å²) in [4.78, 5) is 21.9. The Hall–Kier alpha value is -2.15. The summed E-state index contributed by atoms with van der Waals surface area (Å²) < 4.78 is 18.3. The predicted octanol–water partition coefficient (Wildman–Crippen LogP) is 0.155. The Morgan fingerprint density at radius 2 is 2.05 bits per heavy atom. The fourth-order valence-corrected chi connectivity index (χ4v) is 1.21. The average Bonchev–Trinajstić information content (AvgIpc) is 2.37. The third-order valence-electron chi connectivity index (χ3n) is 2.26. The zero-order valence-corrected chi connectivity index (χ0v) is 10.2. The van der Waals surface area contributed by atoms with Crippen molar-refractivity contribution in [1.82, 2.24) is 5.32 Å². The van der Waals surface area contributed by atoms with Gasteiger partial charge in [0.2, 0.25) is 0 Å². The van der Waals surface area contributed by atoms with Crippen molar-refractivity contribution in [2.75, 3.05) is 6.54 Å². The highest BCUT2D eigenvalue weighted by Crippen LogP contribution is 2.16. The maximum absolute atomic E-state index is 13.3. The SMILES string of the molecule is CC(Oc1ccccc1F)C(=O)NCC(O)C(=O)O. The number of aliphatic hydroxyl groups excluding tert-OH is 1. The summed E-state index contributed by atoms with van der Waals surface area (Å²) in [5.74, 6) is -2.77. The molecule has 6 nitrogen and oxygen atoms in total. The van der Waals surface area contributed by atoms with Crippen LogP contribution in [-0.2, 0) is 9.59 Å². The van der Waals surface area contributed by atoms with Crippen LogP contribution < -0.4 is 10.1 Å². The van der Waals surface area contributed by atoms with Gasteiger partial charge < -0.3 is 20.3 Å². The lowest BCUT2D eigenvalue weighted by molar-refractivity contribution is -0.146. The summed E-state index contributed by atoms with van der Waals surface area (Å²) >= 11 is 0. The molecule has 19 heavy (non-hydrogen) atoms. The third-order valence-corrected chi connectivity index (χ3v) is 2.26. The molecular weight excluding hydrogens is 257 g/mol. The summed E-state index contributed by atoms with van der Waals surface area (Å²) in [6, 6.07) is 5.59. The maximum Gasteiger partial charge on any atom is 0.334 e. The van der Waals surface area contributed by atoms with E-state index < -0.39 is 36.4 Å². The van der Waals surface area contributed by atoms with Crippen molar-refractivity contribution in [2.45, 2.75) is 19.1 Å². The van der Waals surface area contributed by atoms with Gasteiger partial charge in [-0.15, -0.1) is 0 Å². The zero-order valence-electron chi connectivity index (χ0n) is 10.2. The van der Waals surface area contributed by atoms with E-state index in [0.29, 0.717) is 0 Å². The Morgan fingerprint density at radius 3 is 2.63 bits per heavy atom. The minimum atomic E-state index is -1.69. The van der Waals surface area contributed by atoms with Crippen molar-refractivity contribution in [1.29, 1.82) is 0 Å². The van der Waals surface area contributed by atoms with E-state index in [1.807, 2.05) is 0 Å². The number of ether oxygens (including phenoxy) is 1. The van der Waals surface area contributed by atoms with Gasteiger partial charge in [0.05, 0.1) is 6.54 Å². The van der Waals surface area contributed by atoms with Crippen molar-refractivity contribution in [3.63, 3.8) is 0 Å². The van der Waals surface area contributed by atoms with E-state index >= 15 is 0 Å². The largest absolute Gasteiger partial charge is 0.479 e. The molecule has 7 heteroatoms. The topological polar surface area (TPSA) is 95.9 Å². The van der Waals surface area contributed by atoms with Crippen LogP contribution in [0.25, 0.3) is 0 Å². The molecule has 2 unspecified atom stereocenters. The van der Waals surface area contributed by atoms with E-state index in [-0.39, 0.29) is 5.75 Å². The number of benzene rings is 1. The standard InChI is InChI=1S/C12H14FNO5/c1-7(11(16)14-6-9(15)12(17)18)19-10-5-3-2-4-8(10)13/h2-5,7,9,15H,6H2,1H3,(H,14,16)(H,17,18). The highest BCUT2D eigenvalue weighted by molar-refractivity contribution is 5.81. The molecule has 0 heterocycles. The normalized spacial score (nSPS) is 13.4. The molecule has 2 atom stereocenters. The second kappa shape index (κ2) is 6.69. The Balaban J connectivity index is 2.50. The molecule has 0 radical (unpaired) electrons.